The molecule has 0 aliphatic carbocycles. The van der Waals surface area contributed by atoms with E-state index in [-0.39, 0.29) is 11.9 Å². The smallest absolute Gasteiger partial charge is 0.123 e. The Morgan fingerprint density at radius 2 is 1.26 bits per heavy atom. The Morgan fingerprint density at radius 1 is 0.842 bits per heavy atom. The largest absolute Gasteiger partial charge is 0.327 e. The first-order valence-electron chi connectivity index (χ1n) is 6.75. The van der Waals surface area contributed by atoms with Crippen LogP contribution >= 0.6 is 0 Å². The molecule has 0 saturated heterocycles. The Morgan fingerprint density at radius 3 is 1.74 bits per heavy atom. The van der Waals surface area contributed by atoms with E-state index in [4.69, 9.17) is 5.73 Å². The summed E-state index contributed by atoms with van der Waals surface area (Å²) in [4.78, 5) is 0. The predicted octanol–water partition coefficient (Wildman–Crippen LogP) is 3.50. The summed E-state index contributed by atoms with van der Waals surface area (Å²) in [5.41, 5.74) is 9.83. The van der Waals surface area contributed by atoms with Gasteiger partial charge in [-0.25, -0.2) is 4.39 Å². The van der Waals surface area contributed by atoms with Gasteiger partial charge in [0.05, 0.1) is 0 Å². The summed E-state index contributed by atoms with van der Waals surface area (Å²) < 4.78 is 12.8. The molecule has 1 unspecified atom stereocenters. The minimum absolute atomic E-state index is 0.0675. The van der Waals surface area contributed by atoms with Crippen LogP contribution in [0.3, 0.4) is 0 Å². The normalized spacial score (nSPS) is 12.4. The number of benzene rings is 2. The van der Waals surface area contributed by atoms with Crippen molar-refractivity contribution in [2.24, 2.45) is 5.73 Å². The molecule has 0 radical (unpaired) electrons. The minimum atomic E-state index is -0.201. The fraction of sp³-hybridized carbons (Fsp3) is 0.294. The second-order valence-corrected chi connectivity index (χ2v) is 4.96. The van der Waals surface area contributed by atoms with Crippen LogP contribution in [-0.2, 0) is 19.3 Å². The van der Waals surface area contributed by atoms with Gasteiger partial charge in [-0.2, -0.15) is 0 Å². The number of halogens is 1. The summed E-state index contributed by atoms with van der Waals surface area (Å²) in [6.45, 7) is 2.15. The minimum Gasteiger partial charge on any atom is -0.327 e. The van der Waals surface area contributed by atoms with Crippen LogP contribution in [0.4, 0.5) is 4.39 Å². The SMILES string of the molecule is CCc1ccc(CC(N)Cc2ccc(F)cc2)cc1. The van der Waals surface area contributed by atoms with E-state index in [9.17, 15) is 4.39 Å². The van der Waals surface area contributed by atoms with Crippen LogP contribution in [0.25, 0.3) is 0 Å². The standard InChI is InChI=1S/C17H20FN/c1-2-13-3-5-14(6-4-13)11-17(19)12-15-7-9-16(18)10-8-15/h3-10,17H,2,11-12,19H2,1H3. The van der Waals surface area contributed by atoms with Crippen LogP contribution in [0.5, 0.6) is 0 Å². The molecule has 2 heteroatoms. The molecule has 0 heterocycles. The molecular formula is C17H20FN. The number of rotatable bonds is 5. The number of aryl methyl sites for hydroxylation is 1. The van der Waals surface area contributed by atoms with E-state index in [2.05, 4.69) is 31.2 Å². The second kappa shape index (κ2) is 6.48. The Balaban J connectivity index is 1.92. The van der Waals surface area contributed by atoms with Crippen LogP contribution in [0.15, 0.2) is 48.5 Å². The van der Waals surface area contributed by atoms with Crippen molar-refractivity contribution in [3.63, 3.8) is 0 Å². The lowest BCUT2D eigenvalue weighted by Gasteiger charge is -2.12. The van der Waals surface area contributed by atoms with E-state index < -0.39 is 0 Å². The van der Waals surface area contributed by atoms with Gasteiger partial charge in [-0.1, -0.05) is 43.3 Å². The highest BCUT2D eigenvalue weighted by molar-refractivity contribution is 5.24. The molecule has 100 valence electrons. The lowest BCUT2D eigenvalue weighted by molar-refractivity contribution is 0.623. The molecule has 0 aliphatic heterocycles. The third-order valence-corrected chi connectivity index (χ3v) is 3.34. The zero-order chi connectivity index (χ0) is 13.7. The van der Waals surface area contributed by atoms with Crippen molar-refractivity contribution >= 4 is 0 Å². The molecular weight excluding hydrogens is 237 g/mol. The van der Waals surface area contributed by atoms with E-state index in [1.54, 1.807) is 12.1 Å². The lowest BCUT2D eigenvalue weighted by Crippen LogP contribution is -2.25. The highest BCUT2D eigenvalue weighted by atomic mass is 19.1. The highest BCUT2D eigenvalue weighted by Gasteiger charge is 2.06. The van der Waals surface area contributed by atoms with Crippen molar-refractivity contribution in [3.8, 4) is 0 Å². The molecule has 0 amide bonds. The van der Waals surface area contributed by atoms with Crippen LogP contribution < -0.4 is 5.73 Å². The maximum absolute atomic E-state index is 12.8. The van der Waals surface area contributed by atoms with Crippen LogP contribution in [0.2, 0.25) is 0 Å². The van der Waals surface area contributed by atoms with Crippen molar-refractivity contribution < 1.29 is 4.39 Å². The first kappa shape index (κ1) is 13.8. The Hall–Kier alpha value is -1.67. The topological polar surface area (TPSA) is 26.0 Å². The van der Waals surface area contributed by atoms with E-state index in [1.807, 2.05) is 0 Å². The average Bonchev–Trinajstić information content (AvgIpc) is 2.42. The van der Waals surface area contributed by atoms with Gasteiger partial charge in [0, 0.05) is 6.04 Å². The fourth-order valence-electron chi connectivity index (χ4n) is 2.21. The lowest BCUT2D eigenvalue weighted by atomic mass is 9.99. The molecule has 1 atom stereocenters. The summed E-state index contributed by atoms with van der Waals surface area (Å²) in [7, 11) is 0. The molecule has 0 aliphatic rings. The van der Waals surface area contributed by atoms with Gasteiger partial charge in [0.25, 0.3) is 0 Å². The van der Waals surface area contributed by atoms with Gasteiger partial charge in [0.1, 0.15) is 5.82 Å². The summed E-state index contributed by atoms with van der Waals surface area (Å²) in [6.07, 6.45) is 2.68. The molecule has 2 aromatic rings. The number of hydrogen-bond donors (Lipinski definition) is 1. The average molecular weight is 257 g/mol. The first-order valence-corrected chi connectivity index (χ1v) is 6.75. The van der Waals surface area contributed by atoms with Crippen molar-refractivity contribution in [2.75, 3.05) is 0 Å². The van der Waals surface area contributed by atoms with Crippen molar-refractivity contribution in [3.05, 3.63) is 71.0 Å². The monoisotopic (exact) mass is 257 g/mol. The molecule has 2 rings (SSSR count). The molecule has 0 fully saturated rings. The zero-order valence-corrected chi connectivity index (χ0v) is 11.3. The Bertz CT molecular complexity index is 502. The van der Waals surface area contributed by atoms with Crippen molar-refractivity contribution in [1.82, 2.24) is 0 Å². The predicted molar refractivity (Wildman–Crippen MR) is 77.6 cm³/mol. The summed E-state index contributed by atoms with van der Waals surface area (Å²) in [5, 5.41) is 0. The van der Waals surface area contributed by atoms with Crippen molar-refractivity contribution in [1.29, 1.82) is 0 Å². The molecule has 0 saturated carbocycles. The molecule has 0 bridgehead atoms. The van der Waals surface area contributed by atoms with Gasteiger partial charge < -0.3 is 5.73 Å². The first-order chi connectivity index (χ1) is 9.17. The van der Waals surface area contributed by atoms with Crippen molar-refractivity contribution in [2.45, 2.75) is 32.2 Å². The molecule has 1 nitrogen and oxygen atoms in total. The quantitative estimate of drug-likeness (QED) is 0.871. The van der Waals surface area contributed by atoms with E-state index in [0.29, 0.717) is 0 Å². The summed E-state index contributed by atoms with van der Waals surface area (Å²) >= 11 is 0. The maximum Gasteiger partial charge on any atom is 0.123 e. The third-order valence-electron chi connectivity index (χ3n) is 3.34. The maximum atomic E-state index is 12.8. The Kier molecular flexibility index (Phi) is 4.69. The van der Waals surface area contributed by atoms with Gasteiger partial charge in [0.2, 0.25) is 0 Å². The molecule has 19 heavy (non-hydrogen) atoms. The fourth-order valence-corrected chi connectivity index (χ4v) is 2.21. The van der Waals surface area contributed by atoms with Crippen LogP contribution in [0.1, 0.15) is 23.6 Å². The number of hydrogen-bond acceptors (Lipinski definition) is 1. The summed E-state index contributed by atoms with van der Waals surface area (Å²) in [5.74, 6) is -0.201. The zero-order valence-electron chi connectivity index (χ0n) is 11.3. The molecule has 2 aromatic carbocycles. The molecule has 0 spiro atoms. The van der Waals surface area contributed by atoms with Gasteiger partial charge in [-0.15, -0.1) is 0 Å². The summed E-state index contributed by atoms with van der Waals surface area (Å²) in [6, 6.07) is 15.2. The molecule has 0 aromatic heterocycles. The number of nitrogens with two attached hydrogens (primary N) is 1. The van der Waals surface area contributed by atoms with E-state index in [0.717, 1.165) is 24.8 Å². The highest BCUT2D eigenvalue weighted by Crippen LogP contribution is 2.10. The molecule has 2 N–H and O–H groups in total. The van der Waals surface area contributed by atoms with Gasteiger partial charge in [-0.05, 0) is 48.1 Å². The third kappa shape index (κ3) is 4.18. The Labute approximate surface area is 114 Å². The van der Waals surface area contributed by atoms with Gasteiger partial charge in [-0.3, -0.25) is 0 Å². The van der Waals surface area contributed by atoms with E-state index >= 15 is 0 Å². The van der Waals surface area contributed by atoms with Gasteiger partial charge >= 0.3 is 0 Å². The second-order valence-electron chi connectivity index (χ2n) is 4.96. The van der Waals surface area contributed by atoms with Crippen LogP contribution in [0, 0.1) is 5.82 Å². The van der Waals surface area contributed by atoms with E-state index in [1.165, 1.54) is 23.3 Å². The van der Waals surface area contributed by atoms with Crippen LogP contribution in [-0.4, -0.2) is 6.04 Å². The van der Waals surface area contributed by atoms with Gasteiger partial charge in [0.15, 0.2) is 0 Å².